The average Bonchev–Trinajstić information content (AvgIpc) is 2.40. The van der Waals surface area contributed by atoms with E-state index in [2.05, 4.69) is 4.90 Å². The number of primary sulfonamides is 1. The van der Waals surface area contributed by atoms with Gasteiger partial charge in [-0.05, 0) is 37.8 Å². The van der Waals surface area contributed by atoms with E-state index in [0.29, 0.717) is 18.5 Å². The van der Waals surface area contributed by atoms with Gasteiger partial charge in [-0.3, -0.25) is 4.90 Å². The molecule has 1 aliphatic rings. The molecule has 4 nitrogen and oxygen atoms in total. The molecule has 124 valence electrons. The van der Waals surface area contributed by atoms with Gasteiger partial charge in [0.25, 0.3) is 0 Å². The number of likely N-dealkylation sites (tertiary alicyclic amines) is 1. The van der Waals surface area contributed by atoms with Crippen LogP contribution in [0.5, 0.6) is 0 Å². The molecule has 1 aliphatic heterocycles. The maximum Gasteiger partial charge on any atom is 0.209 e. The van der Waals surface area contributed by atoms with Crippen molar-refractivity contribution in [1.82, 2.24) is 4.90 Å². The minimum Gasteiger partial charge on any atom is -0.296 e. The van der Waals surface area contributed by atoms with Gasteiger partial charge < -0.3 is 0 Å². The summed E-state index contributed by atoms with van der Waals surface area (Å²) in [5.41, 5.74) is 0.458. The Labute approximate surface area is 130 Å². The van der Waals surface area contributed by atoms with Crippen LogP contribution in [0.15, 0.2) is 18.2 Å². The molecule has 1 heterocycles. The quantitative estimate of drug-likeness (QED) is 0.901. The zero-order chi connectivity index (χ0) is 16.3. The number of piperidine rings is 1. The fourth-order valence-corrected chi connectivity index (χ4v) is 4.22. The number of benzene rings is 1. The number of hydrogen-bond donors (Lipinski definition) is 1. The Bertz CT molecular complexity index is 622. The van der Waals surface area contributed by atoms with Crippen molar-refractivity contribution in [1.29, 1.82) is 0 Å². The molecule has 1 fully saturated rings. The van der Waals surface area contributed by atoms with Gasteiger partial charge in [0.1, 0.15) is 11.6 Å². The van der Waals surface area contributed by atoms with E-state index in [1.807, 2.05) is 6.92 Å². The van der Waals surface area contributed by atoms with E-state index < -0.39 is 21.7 Å². The predicted molar refractivity (Wildman–Crippen MR) is 81.7 cm³/mol. The van der Waals surface area contributed by atoms with Crippen LogP contribution < -0.4 is 5.14 Å². The molecule has 2 rings (SSSR count). The molecule has 1 aromatic carbocycles. The molecule has 0 amide bonds. The lowest BCUT2D eigenvalue weighted by molar-refractivity contribution is 0.125. The van der Waals surface area contributed by atoms with Crippen LogP contribution in [0.2, 0.25) is 0 Å². The van der Waals surface area contributed by atoms with Crippen molar-refractivity contribution >= 4 is 10.0 Å². The first-order valence-corrected chi connectivity index (χ1v) is 9.21. The van der Waals surface area contributed by atoms with E-state index in [0.717, 1.165) is 25.5 Å². The van der Waals surface area contributed by atoms with Crippen LogP contribution in [0.25, 0.3) is 0 Å². The molecule has 0 spiro atoms. The van der Waals surface area contributed by atoms with Crippen molar-refractivity contribution in [2.75, 3.05) is 18.8 Å². The standard InChI is InChI=1S/C15H22F2N2O2S/c1-2-15(13-6-5-12(16)8-14(13)17)19-7-3-4-11(9-19)10-22(18,20)21/h5-6,8,11,15H,2-4,7,9-10H2,1H3,(H2,18,20,21)/t11-,15+/m1/s1. The summed E-state index contributed by atoms with van der Waals surface area (Å²) < 4.78 is 49.6. The van der Waals surface area contributed by atoms with Crippen LogP contribution in [-0.4, -0.2) is 32.2 Å². The van der Waals surface area contributed by atoms with Gasteiger partial charge in [0.15, 0.2) is 0 Å². The van der Waals surface area contributed by atoms with E-state index >= 15 is 0 Å². The van der Waals surface area contributed by atoms with Crippen LogP contribution >= 0.6 is 0 Å². The molecule has 0 unspecified atom stereocenters. The summed E-state index contributed by atoms with van der Waals surface area (Å²) >= 11 is 0. The van der Waals surface area contributed by atoms with Crippen molar-refractivity contribution in [2.45, 2.75) is 32.2 Å². The zero-order valence-electron chi connectivity index (χ0n) is 12.6. The van der Waals surface area contributed by atoms with Gasteiger partial charge >= 0.3 is 0 Å². The predicted octanol–water partition coefficient (Wildman–Crippen LogP) is 2.42. The Morgan fingerprint density at radius 2 is 2.14 bits per heavy atom. The fourth-order valence-electron chi connectivity index (χ4n) is 3.29. The second-order valence-electron chi connectivity index (χ2n) is 5.92. The number of nitrogens with two attached hydrogens (primary N) is 1. The lowest BCUT2D eigenvalue weighted by atomic mass is 9.94. The molecule has 22 heavy (non-hydrogen) atoms. The Morgan fingerprint density at radius 1 is 1.41 bits per heavy atom. The molecule has 7 heteroatoms. The first-order valence-electron chi connectivity index (χ1n) is 7.49. The molecule has 0 aromatic heterocycles. The first kappa shape index (κ1) is 17.3. The Morgan fingerprint density at radius 3 is 2.73 bits per heavy atom. The third kappa shape index (κ3) is 4.47. The molecule has 2 atom stereocenters. The lowest BCUT2D eigenvalue weighted by Crippen LogP contribution is -2.41. The highest BCUT2D eigenvalue weighted by atomic mass is 32.2. The molecule has 0 radical (unpaired) electrons. The third-order valence-corrected chi connectivity index (χ3v) is 5.10. The molecular weight excluding hydrogens is 310 g/mol. The van der Waals surface area contributed by atoms with Gasteiger partial charge in [0, 0.05) is 24.2 Å². The second-order valence-corrected chi connectivity index (χ2v) is 7.58. The van der Waals surface area contributed by atoms with E-state index in [9.17, 15) is 17.2 Å². The first-order chi connectivity index (χ1) is 10.3. The maximum absolute atomic E-state index is 14.0. The van der Waals surface area contributed by atoms with Crippen LogP contribution in [0.4, 0.5) is 8.78 Å². The van der Waals surface area contributed by atoms with Crippen LogP contribution in [0.3, 0.4) is 0 Å². The van der Waals surface area contributed by atoms with Crippen LogP contribution in [-0.2, 0) is 10.0 Å². The number of hydrogen-bond acceptors (Lipinski definition) is 3. The smallest absolute Gasteiger partial charge is 0.209 e. The van der Waals surface area contributed by atoms with E-state index in [1.54, 1.807) is 0 Å². The van der Waals surface area contributed by atoms with Crippen LogP contribution in [0, 0.1) is 17.6 Å². The topological polar surface area (TPSA) is 63.4 Å². The van der Waals surface area contributed by atoms with Gasteiger partial charge in [-0.15, -0.1) is 0 Å². The van der Waals surface area contributed by atoms with Crippen molar-refractivity contribution in [3.05, 3.63) is 35.4 Å². The maximum atomic E-state index is 14.0. The van der Waals surface area contributed by atoms with Gasteiger partial charge in [0.05, 0.1) is 5.75 Å². The SMILES string of the molecule is CC[C@@H](c1ccc(F)cc1F)N1CCC[C@@H](CS(N)(=O)=O)C1. The highest BCUT2D eigenvalue weighted by molar-refractivity contribution is 7.89. The van der Waals surface area contributed by atoms with Crippen molar-refractivity contribution in [2.24, 2.45) is 11.1 Å². The number of rotatable bonds is 5. The summed E-state index contributed by atoms with van der Waals surface area (Å²) in [5.74, 6) is -1.24. The van der Waals surface area contributed by atoms with Gasteiger partial charge in [-0.2, -0.15) is 0 Å². The number of sulfonamides is 1. The molecule has 0 saturated carbocycles. The van der Waals surface area contributed by atoms with Gasteiger partial charge in [-0.1, -0.05) is 13.0 Å². The minimum absolute atomic E-state index is 0.0405. The monoisotopic (exact) mass is 332 g/mol. The van der Waals surface area contributed by atoms with E-state index in [-0.39, 0.29) is 17.7 Å². The third-order valence-electron chi connectivity index (χ3n) is 4.17. The molecule has 2 N–H and O–H groups in total. The van der Waals surface area contributed by atoms with Gasteiger partial charge in [-0.25, -0.2) is 22.3 Å². The largest absolute Gasteiger partial charge is 0.296 e. The lowest BCUT2D eigenvalue weighted by Gasteiger charge is -2.38. The van der Waals surface area contributed by atoms with Crippen molar-refractivity contribution < 1.29 is 17.2 Å². The van der Waals surface area contributed by atoms with Gasteiger partial charge in [0.2, 0.25) is 10.0 Å². The zero-order valence-corrected chi connectivity index (χ0v) is 13.5. The summed E-state index contributed by atoms with van der Waals surface area (Å²) in [6, 6.07) is 3.45. The number of nitrogens with zero attached hydrogens (tertiary/aromatic N) is 1. The van der Waals surface area contributed by atoms with E-state index in [1.165, 1.54) is 12.1 Å². The summed E-state index contributed by atoms with van der Waals surface area (Å²) in [7, 11) is -3.51. The molecule has 1 saturated heterocycles. The Hall–Kier alpha value is -1.05. The fraction of sp³-hybridized carbons (Fsp3) is 0.600. The normalized spacial score (nSPS) is 21.7. The summed E-state index contributed by atoms with van der Waals surface area (Å²) in [6.45, 7) is 3.28. The summed E-state index contributed by atoms with van der Waals surface area (Å²) in [5, 5.41) is 5.12. The van der Waals surface area contributed by atoms with Crippen molar-refractivity contribution in [3.63, 3.8) is 0 Å². The molecule has 1 aromatic rings. The molecular formula is C15H22F2N2O2S. The number of halogens is 2. The summed E-state index contributed by atoms with van der Waals surface area (Å²) in [6.07, 6.45) is 2.32. The minimum atomic E-state index is -3.51. The van der Waals surface area contributed by atoms with Crippen LogP contribution in [0.1, 0.15) is 37.8 Å². The second kappa shape index (κ2) is 7.02. The molecule has 0 bridgehead atoms. The van der Waals surface area contributed by atoms with E-state index in [4.69, 9.17) is 5.14 Å². The average molecular weight is 332 g/mol. The highest BCUT2D eigenvalue weighted by Gasteiger charge is 2.29. The van der Waals surface area contributed by atoms with Crippen molar-refractivity contribution in [3.8, 4) is 0 Å². The Balaban J connectivity index is 2.16. The summed E-state index contributed by atoms with van der Waals surface area (Å²) in [4.78, 5) is 2.08. The Kier molecular flexibility index (Phi) is 5.52. The highest BCUT2D eigenvalue weighted by Crippen LogP contribution is 2.31. The molecule has 0 aliphatic carbocycles.